The fourth-order valence-electron chi connectivity index (χ4n) is 1.43. The Labute approximate surface area is 103 Å². The van der Waals surface area contributed by atoms with Gasteiger partial charge in [-0.3, -0.25) is 0 Å². The van der Waals surface area contributed by atoms with E-state index in [4.69, 9.17) is 15.2 Å². The first kappa shape index (κ1) is 11.3. The van der Waals surface area contributed by atoms with E-state index >= 15 is 0 Å². The second-order valence-corrected chi connectivity index (χ2v) is 4.44. The second kappa shape index (κ2) is 5.21. The number of rotatable bonds is 4. The predicted molar refractivity (Wildman–Crippen MR) is 65.6 cm³/mol. The summed E-state index contributed by atoms with van der Waals surface area (Å²) in [5, 5.41) is 0. The summed E-state index contributed by atoms with van der Waals surface area (Å²) < 4.78 is 11.7. The molecule has 1 aliphatic heterocycles. The third-order valence-electron chi connectivity index (χ3n) is 2.27. The van der Waals surface area contributed by atoms with E-state index in [1.54, 1.807) is 0 Å². The molecule has 1 atom stereocenters. The minimum absolute atomic E-state index is 0.135. The topological polar surface area (TPSA) is 56.8 Å². The van der Waals surface area contributed by atoms with E-state index in [0.717, 1.165) is 16.6 Å². The number of ether oxygens (including phenoxy) is 2. The van der Waals surface area contributed by atoms with E-state index in [1.165, 1.54) is 0 Å². The molecule has 1 heterocycles. The maximum absolute atomic E-state index is 5.57. The highest BCUT2D eigenvalue weighted by Crippen LogP contribution is 2.16. The van der Waals surface area contributed by atoms with Crippen LogP contribution in [-0.2, 0) is 4.74 Å². The van der Waals surface area contributed by atoms with Crippen LogP contribution in [0.2, 0.25) is 0 Å². The molecule has 0 radical (unpaired) electrons. The molecular weight excluding hydrogens is 272 g/mol. The number of hydrogen-bond acceptors (Lipinski definition) is 4. The van der Waals surface area contributed by atoms with E-state index < -0.39 is 0 Å². The van der Waals surface area contributed by atoms with Crippen molar-refractivity contribution >= 4 is 22.0 Å². The summed E-state index contributed by atoms with van der Waals surface area (Å²) in [5.74, 6) is 0.860. The van der Waals surface area contributed by atoms with Crippen LogP contribution >= 0.6 is 15.9 Å². The number of nitrogens with two attached hydrogens (primary N) is 1. The van der Waals surface area contributed by atoms with Crippen LogP contribution in [0.25, 0.3) is 0 Å². The number of nitrogens with zero attached hydrogens (tertiary/aromatic N) is 1. The van der Waals surface area contributed by atoms with E-state index in [0.29, 0.717) is 13.2 Å². The highest BCUT2D eigenvalue weighted by atomic mass is 79.9. The first-order valence-electron chi connectivity index (χ1n) is 5.08. The van der Waals surface area contributed by atoms with Crippen molar-refractivity contribution in [2.75, 3.05) is 13.2 Å². The average molecular weight is 285 g/mol. The zero-order valence-corrected chi connectivity index (χ0v) is 10.3. The van der Waals surface area contributed by atoms with Gasteiger partial charge in [0.2, 0.25) is 0 Å². The Morgan fingerprint density at radius 1 is 1.44 bits per heavy atom. The molecule has 0 spiro atoms. The van der Waals surface area contributed by atoms with Crippen molar-refractivity contribution in [3.05, 3.63) is 28.7 Å². The summed E-state index contributed by atoms with van der Waals surface area (Å²) in [6.07, 6.45) is 0.816. The highest BCUT2D eigenvalue weighted by Gasteiger charge is 2.16. The number of hydrogen-bond donors (Lipinski definition) is 1. The Balaban J connectivity index is 1.74. The van der Waals surface area contributed by atoms with Crippen LogP contribution in [-0.4, -0.2) is 25.3 Å². The Morgan fingerprint density at radius 3 is 2.81 bits per heavy atom. The van der Waals surface area contributed by atoms with Gasteiger partial charge in [-0.2, -0.15) is 0 Å². The average Bonchev–Trinajstić information content (AvgIpc) is 2.67. The molecule has 16 heavy (non-hydrogen) atoms. The Morgan fingerprint density at radius 2 is 2.19 bits per heavy atom. The normalized spacial score (nSPS) is 19.1. The van der Waals surface area contributed by atoms with Crippen molar-refractivity contribution in [1.29, 1.82) is 0 Å². The summed E-state index contributed by atoms with van der Waals surface area (Å²) in [6, 6.07) is 8.16. The summed E-state index contributed by atoms with van der Waals surface area (Å²) in [7, 11) is 0. The van der Waals surface area contributed by atoms with E-state index in [9.17, 15) is 0 Å². The Bertz CT molecular complexity index is 378. The minimum Gasteiger partial charge on any atom is -0.494 e. The first-order valence-corrected chi connectivity index (χ1v) is 5.88. The van der Waals surface area contributed by atoms with Crippen molar-refractivity contribution < 1.29 is 9.47 Å². The maximum Gasteiger partial charge on any atom is 0.282 e. The largest absolute Gasteiger partial charge is 0.494 e. The fraction of sp³-hybridized carbons (Fsp3) is 0.364. The molecule has 0 unspecified atom stereocenters. The molecule has 0 saturated carbocycles. The van der Waals surface area contributed by atoms with Crippen LogP contribution in [0.4, 0.5) is 0 Å². The molecule has 2 rings (SSSR count). The lowest BCUT2D eigenvalue weighted by Crippen LogP contribution is -2.12. The molecule has 1 aromatic rings. The van der Waals surface area contributed by atoms with Crippen LogP contribution < -0.4 is 10.5 Å². The number of amidine groups is 1. The lowest BCUT2D eigenvalue weighted by atomic mass is 10.2. The maximum atomic E-state index is 5.57. The summed E-state index contributed by atoms with van der Waals surface area (Å²) in [5.41, 5.74) is 5.41. The molecule has 0 saturated heterocycles. The molecule has 5 heteroatoms. The zero-order valence-electron chi connectivity index (χ0n) is 8.73. The lowest BCUT2D eigenvalue weighted by molar-refractivity contribution is 0.263. The smallest absolute Gasteiger partial charge is 0.282 e. The number of aliphatic imine (C=N–C) groups is 1. The summed E-state index contributed by atoms with van der Waals surface area (Å²) >= 11 is 3.37. The van der Waals surface area contributed by atoms with Gasteiger partial charge in [-0.1, -0.05) is 15.9 Å². The Kier molecular flexibility index (Phi) is 3.66. The molecule has 86 valence electrons. The van der Waals surface area contributed by atoms with E-state index in [-0.39, 0.29) is 12.1 Å². The molecule has 0 bridgehead atoms. The van der Waals surface area contributed by atoms with Gasteiger partial charge in [0.25, 0.3) is 6.02 Å². The third kappa shape index (κ3) is 3.13. The van der Waals surface area contributed by atoms with Gasteiger partial charge in [0, 0.05) is 10.9 Å². The quantitative estimate of drug-likeness (QED) is 0.919. The molecule has 0 aliphatic carbocycles. The van der Waals surface area contributed by atoms with Crippen LogP contribution in [0.5, 0.6) is 5.75 Å². The number of halogens is 1. The lowest BCUT2D eigenvalue weighted by Gasteiger charge is -2.07. The van der Waals surface area contributed by atoms with Gasteiger partial charge in [0.15, 0.2) is 0 Å². The predicted octanol–water partition coefficient (Wildman–Crippen LogP) is 1.93. The van der Waals surface area contributed by atoms with Gasteiger partial charge in [0.1, 0.15) is 12.4 Å². The molecular formula is C11H13BrN2O2. The van der Waals surface area contributed by atoms with Crippen molar-refractivity contribution in [3.63, 3.8) is 0 Å². The molecule has 0 fully saturated rings. The van der Waals surface area contributed by atoms with Crippen molar-refractivity contribution in [2.24, 2.45) is 10.7 Å². The van der Waals surface area contributed by atoms with Gasteiger partial charge in [-0.25, -0.2) is 4.99 Å². The molecule has 2 N–H and O–H groups in total. The van der Waals surface area contributed by atoms with Crippen molar-refractivity contribution in [2.45, 2.75) is 12.5 Å². The first-order chi connectivity index (χ1) is 7.74. The third-order valence-corrected chi connectivity index (χ3v) is 2.80. The number of benzene rings is 1. The van der Waals surface area contributed by atoms with Gasteiger partial charge >= 0.3 is 0 Å². The van der Waals surface area contributed by atoms with Crippen LogP contribution in [0, 0.1) is 0 Å². The molecule has 4 nitrogen and oxygen atoms in total. The SMILES string of the molecule is NC1=N[C@@H](CCOc2ccc(Br)cc2)CO1. The van der Waals surface area contributed by atoms with E-state index in [2.05, 4.69) is 20.9 Å². The van der Waals surface area contributed by atoms with Crippen LogP contribution in [0.3, 0.4) is 0 Å². The zero-order chi connectivity index (χ0) is 11.4. The molecule has 0 amide bonds. The van der Waals surface area contributed by atoms with Gasteiger partial charge in [-0.05, 0) is 24.3 Å². The van der Waals surface area contributed by atoms with Crippen molar-refractivity contribution in [1.82, 2.24) is 0 Å². The van der Waals surface area contributed by atoms with Crippen LogP contribution in [0.1, 0.15) is 6.42 Å². The molecule has 1 aromatic carbocycles. The van der Waals surface area contributed by atoms with Gasteiger partial charge < -0.3 is 15.2 Å². The minimum atomic E-state index is 0.135. The summed E-state index contributed by atoms with van der Waals surface area (Å²) in [6.45, 7) is 1.18. The standard InChI is InChI=1S/C11H13BrN2O2/c12-8-1-3-10(4-2-8)15-6-5-9-7-16-11(13)14-9/h1-4,9H,5-7H2,(H2,13,14)/t9-/m0/s1. The highest BCUT2D eigenvalue weighted by molar-refractivity contribution is 9.10. The van der Waals surface area contributed by atoms with Gasteiger partial charge in [0.05, 0.1) is 12.6 Å². The molecule has 0 aromatic heterocycles. The van der Waals surface area contributed by atoms with Gasteiger partial charge in [-0.15, -0.1) is 0 Å². The van der Waals surface area contributed by atoms with E-state index in [1.807, 2.05) is 24.3 Å². The fourth-order valence-corrected chi connectivity index (χ4v) is 1.69. The van der Waals surface area contributed by atoms with Crippen molar-refractivity contribution in [3.8, 4) is 5.75 Å². The summed E-state index contributed by atoms with van der Waals surface area (Å²) in [4.78, 5) is 4.12. The molecule has 1 aliphatic rings. The van der Waals surface area contributed by atoms with Crippen LogP contribution in [0.15, 0.2) is 33.7 Å². The monoisotopic (exact) mass is 284 g/mol. The Hall–Kier alpha value is -1.23. The second-order valence-electron chi connectivity index (χ2n) is 3.52.